The summed E-state index contributed by atoms with van der Waals surface area (Å²) in [4.78, 5) is 4.23. The molecule has 1 N–H and O–H groups in total. The third-order valence-electron chi connectivity index (χ3n) is 3.83. The van der Waals surface area contributed by atoms with E-state index in [0.29, 0.717) is 6.04 Å². The Bertz CT molecular complexity index is 342. The molecule has 86 valence electrons. The van der Waals surface area contributed by atoms with E-state index in [1.54, 1.807) is 0 Å². The number of nitrogens with zero attached hydrogens (tertiary/aromatic N) is 1. The Labute approximate surface area is 96.2 Å². The molecule has 1 aromatic rings. The van der Waals surface area contributed by atoms with Crippen LogP contribution in [0.2, 0.25) is 0 Å². The lowest BCUT2D eigenvalue weighted by molar-refractivity contribution is -0.0680. The Morgan fingerprint density at radius 3 is 3.00 bits per heavy atom. The number of rotatable bonds is 3. The van der Waals surface area contributed by atoms with E-state index in [1.807, 2.05) is 18.5 Å². The molecule has 16 heavy (non-hydrogen) atoms. The molecule has 1 unspecified atom stereocenters. The van der Waals surface area contributed by atoms with E-state index in [9.17, 15) is 0 Å². The van der Waals surface area contributed by atoms with Gasteiger partial charge < -0.3 is 10.1 Å². The average Bonchev–Trinajstić information content (AvgIpc) is 2.77. The maximum Gasteiger partial charge on any atom is 0.0586 e. The molecule has 2 fully saturated rings. The Hall–Kier alpha value is -0.930. The zero-order valence-electron chi connectivity index (χ0n) is 9.48. The molecule has 3 nitrogen and oxygen atoms in total. The van der Waals surface area contributed by atoms with E-state index < -0.39 is 0 Å². The average molecular weight is 218 g/mol. The largest absolute Gasteiger partial charge is 0.379 e. The van der Waals surface area contributed by atoms with Gasteiger partial charge in [-0.2, -0.15) is 0 Å². The summed E-state index contributed by atoms with van der Waals surface area (Å²) in [5.41, 5.74) is 1.57. The van der Waals surface area contributed by atoms with E-state index in [-0.39, 0.29) is 5.41 Å². The van der Waals surface area contributed by atoms with Crippen molar-refractivity contribution in [1.29, 1.82) is 0 Å². The van der Waals surface area contributed by atoms with Crippen LogP contribution in [0.4, 0.5) is 0 Å². The van der Waals surface area contributed by atoms with E-state index in [0.717, 1.165) is 13.2 Å². The van der Waals surface area contributed by atoms with Gasteiger partial charge in [-0.1, -0.05) is 6.07 Å². The first-order valence-corrected chi connectivity index (χ1v) is 6.11. The summed E-state index contributed by atoms with van der Waals surface area (Å²) in [5.74, 6) is 0. The van der Waals surface area contributed by atoms with Gasteiger partial charge >= 0.3 is 0 Å². The molecule has 3 heterocycles. The van der Waals surface area contributed by atoms with Crippen LogP contribution in [-0.4, -0.2) is 30.8 Å². The van der Waals surface area contributed by atoms with Crippen molar-refractivity contribution in [2.75, 3.05) is 19.8 Å². The molecule has 0 saturated carbocycles. The first-order valence-electron chi connectivity index (χ1n) is 6.11. The molecule has 3 heteroatoms. The highest BCUT2D eigenvalue weighted by Crippen LogP contribution is 2.37. The van der Waals surface area contributed by atoms with Crippen LogP contribution in [0.15, 0.2) is 24.5 Å². The van der Waals surface area contributed by atoms with Crippen molar-refractivity contribution in [3.05, 3.63) is 30.1 Å². The summed E-state index contributed by atoms with van der Waals surface area (Å²) in [7, 11) is 0. The van der Waals surface area contributed by atoms with Crippen LogP contribution in [0.3, 0.4) is 0 Å². The first-order chi connectivity index (χ1) is 7.89. The molecule has 1 aromatic heterocycles. The van der Waals surface area contributed by atoms with Gasteiger partial charge in [-0.25, -0.2) is 0 Å². The second-order valence-electron chi connectivity index (χ2n) is 5.01. The predicted molar refractivity (Wildman–Crippen MR) is 62.4 cm³/mol. The number of nitrogens with one attached hydrogen (secondary N) is 1. The zero-order chi connectivity index (χ0) is 10.8. The topological polar surface area (TPSA) is 34.2 Å². The zero-order valence-corrected chi connectivity index (χ0v) is 9.48. The van der Waals surface area contributed by atoms with Crippen LogP contribution in [0, 0.1) is 0 Å². The minimum Gasteiger partial charge on any atom is -0.379 e. The van der Waals surface area contributed by atoms with Gasteiger partial charge in [-0.15, -0.1) is 0 Å². The lowest BCUT2D eigenvalue weighted by Gasteiger charge is -2.43. The molecule has 2 aliphatic heterocycles. The van der Waals surface area contributed by atoms with Gasteiger partial charge in [0.05, 0.1) is 13.2 Å². The summed E-state index contributed by atoms with van der Waals surface area (Å²) < 4.78 is 5.45. The van der Waals surface area contributed by atoms with Crippen molar-refractivity contribution in [2.45, 2.75) is 30.7 Å². The molecule has 0 bridgehead atoms. The Morgan fingerprint density at radius 2 is 2.44 bits per heavy atom. The van der Waals surface area contributed by atoms with Crippen LogP contribution < -0.4 is 5.32 Å². The fourth-order valence-corrected chi connectivity index (χ4v) is 2.83. The summed E-state index contributed by atoms with van der Waals surface area (Å²) in [6.07, 6.45) is 7.65. The molecule has 1 atom stereocenters. The maximum atomic E-state index is 5.45. The van der Waals surface area contributed by atoms with E-state index in [1.165, 1.54) is 31.4 Å². The van der Waals surface area contributed by atoms with Crippen molar-refractivity contribution >= 4 is 0 Å². The van der Waals surface area contributed by atoms with Gasteiger partial charge in [0.25, 0.3) is 0 Å². The maximum absolute atomic E-state index is 5.45. The van der Waals surface area contributed by atoms with Crippen LogP contribution in [0.5, 0.6) is 0 Å². The molecule has 2 saturated heterocycles. The van der Waals surface area contributed by atoms with Crippen LogP contribution in [-0.2, 0) is 10.2 Å². The molecule has 0 spiro atoms. The molecule has 3 rings (SSSR count). The van der Waals surface area contributed by atoms with Crippen LogP contribution >= 0.6 is 0 Å². The second kappa shape index (κ2) is 4.15. The molecule has 0 aromatic carbocycles. The molecular weight excluding hydrogens is 200 g/mol. The highest BCUT2D eigenvalue weighted by atomic mass is 16.5. The van der Waals surface area contributed by atoms with Gasteiger partial charge in [0, 0.05) is 23.9 Å². The van der Waals surface area contributed by atoms with E-state index >= 15 is 0 Å². The third kappa shape index (κ3) is 1.74. The fourth-order valence-electron chi connectivity index (χ4n) is 2.83. The summed E-state index contributed by atoms with van der Waals surface area (Å²) >= 11 is 0. The van der Waals surface area contributed by atoms with Crippen molar-refractivity contribution in [1.82, 2.24) is 10.3 Å². The van der Waals surface area contributed by atoms with Crippen molar-refractivity contribution < 1.29 is 4.74 Å². The van der Waals surface area contributed by atoms with E-state index in [4.69, 9.17) is 4.74 Å². The number of ether oxygens (including phenoxy) is 1. The first kappa shape index (κ1) is 10.2. The summed E-state index contributed by atoms with van der Waals surface area (Å²) in [6.45, 7) is 2.89. The van der Waals surface area contributed by atoms with Gasteiger partial charge in [0.15, 0.2) is 0 Å². The molecular formula is C13H18N2O. The predicted octanol–water partition coefficient (Wildman–Crippen LogP) is 1.49. The van der Waals surface area contributed by atoms with Crippen molar-refractivity contribution in [2.24, 2.45) is 0 Å². The molecule has 0 aliphatic carbocycles. The lowest BCUT2D eigenvalue weighted by Crippen LogP contribution is -2.50. The number of hydrogen-bond donors (Lipinski definition) is 1. The second-order valence-corrected chi connectivity index (χ2v) is 5.01. The third-order valence-corrected chi connectivity index (χ3v) is 3.83. The Kier molecular flexibility index (Phi) is 2.65. The van der Waals surface area contributed by atoms with Crippen LogP contribution in [0.25, 0.3) is 0 Å². The van der Waals surface area contributed by atoms with Gasteiger partial charge in [0.1, 0.15) is 0 Å². The Balaban J connectivity index is 1.77. The normalized spacial score (nSPS) is 27.6. The van der Waals surface area contributed by atoms with Gasteiger partial charge in [-0.05, 0) is 37.4 Å². The standard InChI is InChI=1S/C13H18N2O/c1-3-11(8-14-5-1)13(9-16-10-13)7-12-4-2-6-15-12/h1,3,5,8,12,15H,2,4,6-7,9-10H2. The lowest BCUT2D eigenvalue weighted by atomic mass is 9.74. The highest BCUT2D eigenvalue weighted by molar-refractivity contribution is 5.25. The van der Waals surface area contributed by atoms with Crippen molar-refractivity contribution in [3.8, 4) is 0 Å². The number of hydrogen-bond acceptors (Lipinski definition) is 3. The molecule has 0 amide bonds. The quantitative estimate of drug-likeness (QED) is 0.834. The summed E-state index contributed by atoms with van der Waals surface area (Å²) in [5, 5.41) is 3.57. The monoisotopic (exact) mass is 218 g/mol. The van der Waals surface area contributed by atoms with Gasteiger partial charge in [-0.3, -0.25) is 4.98 Å². The van der Waals surface area contributed by atoms with Crippen LogP contribution in [0.1, 0.15) is 24.8 Å². The minimum absolute atomic E-state index is 0.232. The molecule has 0 radical (unpaired) electrons. The Morgan fingerprint density at radius 1 is 1.50 bits per heavy atom. The minimum atomic E-state index is 0.232. The molecule has 2 aliphatic rings. The summed E-state index contributed by atoms with van der Waals surface area (Å²) in [6, 6.07) is 4.88. The van der Waals surface area contributed by atoms with Gasteiger partial charge in [0.2, 0.25) is 0 Å². The SMILES string of the molecule is c1cncc(C2(CC3CCCN3)COC2)c1. The highest BCUT2D eigenvalue weighted by Gasteiger charge is 2.42. The fraction of sp³-hybridized carbons (Fsp3) is 0.615. The van der Waals surface area contributed by atoms with Crippen molar-refractivity contribution in [3.63, 3.8) is 0 Å². The number of aromatic nitrogens is 1. The number of pyridine rings is 1. The van der Waals surface area contributed by atoms with E-state index in [2.05, 4.69) is 16.4 Å². The smallest absolute Gasteiger partial charge is 0.0586 e.